The van der Waals surface area contributed by atoms with E-state index in [0.717, 1.165) is 0 Å². The molecule has 0 fully saturated rings. The van der Waals surface area contributed by atoms with Gasteiger partial charge in [-0.1, -0.05) is 18.2 Å². The number of carboxylic acids is 1. The van der Waals surface area contributed by atoms with E-state index in [0.29, 0.717) is 0 Å². The summed E-state index contributed by atoms with van der Waals surface area (Å²) in [6, 6.07) is 3.98. The number of anilines is 1. The van der Waals surface area contributed by atoms with Gasteiger partial charge in [-0.3, -0.25) is 4.79 Å². The molecule has 0 aliphatic heterocycles. The number of halogens is 2. The first-order valence-corrected chi connectivity index (χ1v) is 3.89. The van der Waals surface area contributed by atoms with Crippen molar-refractivity contribution in [2.75, 3.05) is 5.73 Å². The molecule has 0 saturated heterocycles. The number of nitrogens with two attached hydrogens (primary N) is 1. The third kappa shape index (κ3) is 2.18. The molecule has 3 nitrogen and oxygen atoms in total. The molecule has 14 heavy (non-hydrogen) atoms. The van der Waals surface area contributed by atoms with Crippen molar-refractivity contribution in [1.82, 2.24) is 0 Å². The molecule has 0 spiro atoms. The van der Waals surface area contributed by atoms with Crippen LogP contribution in [-0.2, 0) is 11.2 Å². The number of carboxylic acid groups (broad SMARTS) is 1. The summed E-state index contributed by atoms with van der Waals surface area (Å²) in [6.07, 6.45) is -3.02. The summed E-state index contributed by atoms with van der Waals surface area (Å²) in [5, 5.41) is 8.48. The molecule has 5 heteroatoms. The molecule has 0 aromatic heterocycles. The number of hydrogen-bond acceptors (Lipinski definition) is 2. The van der Waals surface area contributed by atoms with Gasteiger partial charge in [0.2, 0.25) is 0 Å². The van der Waals surface area contributed by atoms with Crippen molar-refractivity contribution in [3.05, 3.63) is 29.3 Å². The molecule has 0 aliphatic carbocycles. The lowest BCUT2D eigenvalue weighted by Crippen LogP contribution is -2.06. The van der Waals surface area contributed by atoms with E-state index >= 15 is 0 Å². The van der Waals surface area contributed by atoms with Crippen molar-refractivity contribution in [2.45, 2.75) is 12.8 Å². The van der Waals surface area contributed by atoms with Crippen LogP contribution in [0.3, 0.4) is 0 Å². The maximum Gasteiger partial charge on any atom is 0.307 e. The monoisotopic (exact) mass is 201 g/mol. The third-order valence-electron chi connectivity index (χ3n) is 1.81. The van der Waals surface area contributed by atoms with Crippen molar-refractivity contribution in [3.63, 3.8) is 0 Å². The van der Waals surface area contributed by atoms with E-state index in [1.54, 1.807) is 0 Å². The molecule has 0 unspecified atom stereocenters. The van der Waals surface area contributed by atoms with Crippen LogP contribution < -0.4 is 5.73 Å². The van der Waals surface area contributed by atoms with Crippen LogP contribution in [0.1, 0.15) is 17.6 Å². The minimum atomic E-state index is -2.68. The summed E-state index contributed by atoms with van der Waals surface area (Å²) < 4.78 is 24.6. The van der Waals surface area contributed by atoms with Crippen LogP contribution in [0, 0.1) is 0 Å². The minimum absolute atomic E-state index is 0.134. The van der Waals surface area contributed by atoms with Crippen LogP contribution in [0.5, 0.6) is 0 Å². The number of nitrogen functional groups attached to an aromatic ring is 1. The van der Waals surface area contributed by atoms with Crippen LogP contribution in [-0.4, -0.2) is 11.1 Å². The topological polar surface area (TPSA) is 63.3 Å². The average Bonchev–Trinajstić information content (AvgIpc) is 2.07. The molecular formula is C9H9F2NO2. The number of para-hydroxylation sites is 1. The Kier molecular flexibility index (Phi) is 3.01. The molecular weight excluding hydrogens is 192 g/mol. The van der Waals surface area contributed by atoms with E-state index < -0.39 is 12.4 Å². The quantitative estimate of drug-likeness (QED) is 0.733. The highest BCUT2D eigenvalue weighted by atomic mass is 19.3. The van der Waals surface area contributed by atoms with Crippen LogP contribution in [0.15, 0.2) is 18.2 Å². The Bertz CT molecular complexity index is 353. The van der Waals surface area contributed by atoms with Crippen molar-refractivity contribution in [2.24, 2.45) is 0 Å². The molecule has 76 valence electrons. The Morgan fingerprint density at radius 2 is 2.14 bits per heavy atom. The van der Waals surface area contributed by atoms with Crippen LogP contribution in [0.4, 0.5) is 14.5 Å². The Morgan fingerprint density at radius 1 is 1.50 bits per heavy atom. The van der Waals surface area contributed by atoms with Crippen molar-refractivity contribution in [3.8, 4) is 0 Å². The SMILES string of the molecule is Nc1c(CC(=O)O)cccc1C(F)F. The second-order valence-corrected chi connectivity index (χ2v) is 2.79. The largest absolute Gasteiger partial charge is 0.481 e. The summed E-state index contributed by atoms with van der Waals surface area (Å²) in [4.78, 5) is 10.4. The van der Waals surface area contributed by atoms with Crippen LogP contribution in [0.2, 0.25) is 0 Å². The molecule has 0 saturated carbocycles. The highest BCUT2D eigenvalue weighted by molar-refractivity contribution is 5.73. The molecule has 1 aromatic carbocycles. The summed E-state index contributed by atoms with van der Waals surface area (Å²) in [7, 11) is 0. The number of aliphatic carboxylic acids is 1. The number of hydrogen-bond donors (Lipinski definition) is 2. The minimum Gasteiger partial charge on any atom is -0.481 e. The van der Waals surface area contributed by atoms with Gasteiger partial charge in [-0.05, 0) is 5.56 Å². The standard InChI is InChI=1S/C9H9F2NO2/c10-9(11)6-3-1-2-5(8(6)12)4-7(13)14/h1-3,9H,4,12H2,(H,13,14). The Hall–Kier alpha value is -1.65. The second-order valence-electron chi connectivity index (χ2n) is 2.79. The lowest BCUT2D eigenvalue weighted by molar-refractivity contribution is -0.136. The fraction of sp³-hybridized carbons (Fsp3) is 0.222. The van der Waals surface area contributed by atoms with Gasteiger partial charge in [0.05, 0.1) is 6.42 Å². The molecule has 0 bridgehead atoms. The second kappa shape index (κ2) is 4.04. The number of alkyl halides is 2. The highest BCUT2D eigenvalue weighted by Gasteiger charge is 2.14. The molecule has 0 heterocycles. The first kappa shape index (κ1) is 10.4. The van der Waals surface area contributed by atoms with Gasteiger partial charge in [-0.25, -0.2) is 8.78 Å². The average molecular weight is 201 g/mol. The van der Waals surface area contributed by atoms with Crippen molar-refractivity contribution in [1.29, 1.82) is 0 Å². The maximum atomic E-state index is 12.3. The van der Waals surface area contributed by atoms with E-state index in [4.69, 9.17) is 10.8 Å². The molecule has 0 amide bonds. The van der Waals surface area contributed by atoms with Gasteiger partial charge in [0.1, 0.15) is 0 Å². The molecule has 1 aromatic rings. The zero-order valence-electron chi connectivity index (χ0n) is 7.21. The van der Waals surface area contributed by atoms with Gasteiger partial charge in [-0.2, -0.15) is 0 Å². The van der Waals surface area contributed by atoms with E-state index in [-0.39, 0.29) is 23.2 Å². The normalized spacial score (nSPS) is 10.5. The molecule has 3 N–H and O–H groups in total. The maximum absolute atomic E-state index is 12.3. The lowest BCUT2D eigenvalue weighted by atomic mass is 10.1. The molecule has 1 rings (SSSR count). The van der Waals surface area contributed by atoms with Gasteiger partial charge in [0, 0.05) is 11.3 Å². The van der Waals surface area contributed by atoms with E-state index in [2.05, 4.69) is 0 Å². The van der Waals surface area contributed by atoms with Gasteiger partial charge in [0.25, 0.3) is 6.43 Å². The lowest BCUT2D eigenvalue weighted by Gasteiger charge is -2.08. The number of rotatable bonds is 3. The van der Waals surface area contributed by atoms with E-state index in [9.17, 15) is 13.6 Å². The number of benzene rings is 1. The predicted molar refractivity (Wildman–Crippen MR) is 47.2 cm³/mol. The smallest absolute Gasteiger partial charge is 0.307 e. The summed E-state index contributed by atoms with van der Waals surface area (Å²) in [5.74, 6) is -1.09. The molecule has 0 radical (unpaired) electrons. The number of carbonyl (C=O) groups is 1. The van der Waals surface area contributed by atoms with Crippen LogP contribution >= 0.6 is 0 Å². The molecule has 0 aliphatic rings. The van der Waals surface area contributed by atoms with Crippen molar-refractivity contribution >= 4 is 11.7 Å². The fourth-order valence-electron chi connectivity index (χ4n) is 1.14. The first-order chi connectivity index (χ1) is 6.52. The predicted octanol–water partition coefficient (Wildman–Crippen LogP) is 1.83. The van der Waals surface area contributed by atoms with Gasteiger partial charge >= 0.3 is 5.97 Å². The van der Waals surface area contributed by atoms with Crippen molar-refractivity contribution < 1.29 is 18.7 Å². The summed E-state index contributed by atoms with van der Waals surface area (Å²) in [5.41, 5.74) is 5.16. The zero-order valence-corrected chi connectivity index (χ0v) is 7.21. The zero-order chi connectivity index (χ0) is 10.7. The van der Waals surface area contributed by atoms with Gasteiger partial charge < -0.3 is 10.8 Å². The Morgan fingerprint density at radius 3 is 2.64 bits per heavy atom. The third-order valence-corrected chi connectivity index (χ3v) is 1.81. The van der Waals surface area contributed by atoms with Crippen LogP contribution in [0.25, 0.3) is 0 Å². The first-order valence-electron chi connectivity index (χ1n) is 3.89. The van der Waals surface area contributed by atoms with E-state index in [1.165, 1.54) is 18.2 Å². The van der Waals surface area contributed by atoms with E-state index in [1.807, 2.05) is 0 Å². The summed E-state index contributed by atoms with van der Waals surface area (Å²) in [6.45, 7) is 0. The fourth-order valence-corrected chi connectivity index (χ4v) is 1.14. The molecule has 0 atom stereocenters. The Balaban J connectivity index is 3.07. The summed E-state index contributed by atoms with van der Waals surface area (Å²) >= 11 is 0. The van der Waals surface area contributed by atoms with Gasteiger partial charge in [-0.15, -0.1) is 0 Å². The Labute approximate surface area is 79.2 Å². The van der Waals surface area contributed by atoms with Gasteiger partial charge in [0.15, 0.2) is 0 Å². The highest BCUT2D eigenvalue weighted by Crippen LogP contribution is 2.27.